The van der Waals surface area contributed by atoms with E-state index < -0.39 is 0 Å². The second-order valence-corrected chi connectivity index (χ2v) is 10.8. The zero-order valence-corrected chi connectivity index (χ0v) is 21.7. The predicted octanol–water partition coefficient (Wildman–Crippen LogP) is 9.72. The highest BCUT2D eigenvalue weighted by molar-refractivity contribution is 5.19. The molecule has 2 bridgehead atoms. The molecule has 2 heterocycles. The second kappa shape index (κ2) is 16.7. The lowest BCUT2D eigenvalue weighted by Crippen LogP contribution is -2.30. The fourth-order valence-corrected chi connectivity index (χ4v) is 5.95. The number of rotatable bonds is 6. The van der Waals surface area contributed by atoms with Crippen LogP contribution in [0.2, 0.25) is 0 Å². The van der Waals surface area contributed by atoms with Crippen LogP contribution >= 0.6 is 0 Å². The Morgan fingerprint density at radius 3 is 1.55 bits per heavy atom. The van der Waals surface area contributed by atoms with Crippen LogP contribution in [-0.4, -0.2) is 18.5 Å². The largest absolute Gasteiger partial charge is 0.349 e. The van der Waals surface area contributed by atoms with Crippen molar-refractivity contribution in [3.63, 3.8) is 0 Å². The van der Waals surface area contributed by atoms with E-state index in [-0.39, 0.29) is 6.29 Å². The van der Waals surface area contributed by atoms with E-state index in [9.17, 15) is 0 Å². The molecule has 2 nitrogen and oxygen atoms in total. The molecular formula is C31H52O2. The van der Waals surface area contributed by atoms with Gasteiger partial charge in [0, 0.05) is 0 Å². The maximum Gasteiger partial charge on any atom is 0.158 e. The molecule has 0 N–H and O–H groups in total. The van der Waals surface area contributed by atoms with E-state index in [2.05, 4.69) is 37.3 Å². The maximum absolute atomic E-state index is 6.85. The molecule has 0 saturated carbocycles. The Kier molecular flexibility index (Phi) is 13.5. The van der Waals surface area contributed by atoms with Gasteiger partial charge in [0.2, 0.25) is 0 Å². The van der Waals surface area contributed by atoms with Crippen LogP contribution in [0.1, 0.15) is 147 Å². The lowest BCUT2D eigenvalue weighted by molar-refractivity contribution is -0.203. The topological polar surface area (TPSA) is 18.5 Å². The second-order valence-electron chi connectivity index (χ2n) is 10.8. The first-order valence-corrected chi connectivity index (χ1v) is 14.7. The lowest BCUT2D eigenvalue weighted by atomic mass is 9.90. The van der Waals surface area contributed by atoms with Crippen LogP contribution in [0.5, 0.6) is 0 Å². The summed E-state index contributed by atoms with van der Waals surface area (Å²) in [4.78, 5) is 0. The minimum absolute atomic E-state index is 0.0235. The van der Waals surface area contributed by atoms with Crippen LogP contribution < -0.4 is 0 Å². The average molecular weight is 457 g/mol. The van der Waals surface area contributed by atoms with Gasteiger partial charge in [0.05, 0.1) is 12.2 Å². The molecule has 0 aliphatic carbocycles. The number of benzene rings is 1. The minimum atomic E-state index is -0.0235. The molecule has 3 rings (SSSR count). The third-order valence-corrected chi connectivity index (χ3v) is 7.95. The molecule has 2 fully saturated rings. The van der Waals surface area contributed by atoms with E-state index >= 15 is 0 Å². The van der Waals surface area contributed by atoms with Gasteiger partial charge in [-0.2, -0.15) is 0 Å². The molecule has 2 heteroatoms. The quantitative estimate of drug-likeness (QED) is 0.424. The smallest absolute Gasteiger partial charge is 0.158 e. The molecule has 2 aliphatic heterocycles. The highest BCUT2D eigenvalue weighted by atomic mass is 16.7. The molecule has 33 heavy (non-hydrogen) atoms. The summed E-state index contributed by atoms with van der Waals surface area (Å²) in [5.41, 5.74) is 1.49. The van der Waals surface area contributed by atoms with Crippen molar-refractivity contribution in [1.82, 2.24) is 0 Å². The molecule has 0 amide bonds. The third-order valence-electron chi connectivity index (χ3n) is 7.95. The first kappa shape index (κ1) is 26.7. The van der Waals surface area contributed by atoms with Crippen LogP contribution in [0.25, 0.3) is 0 Å². The molecule has 0 aromatic heterocycles. The van der Waals surface area contributed by atoms with E-state index in [0.29, 0.717) is 18.1 Å². The van der Waals surface area contributed by atoms with E-state index in [4.69, 9.17) is 9.47 Å². The van der Waals surface area contributed by atoms with Crippen molar-refractivity contribution in [2.45, 2.75) is 160 Å². The number of ether oxygens (including phenoxy) is 2. The van der Waals surface area contributed by atoms with Crippen molar-refractivity contribution in [3.8, 4) is 0 Å². The van der Waals surface area contributed by atoms with Gasteiger partial charge in [0.15, 0.2) is 6.29 Å². The summed E-state index contributed by atoms with van der Waals surface area (Å²) in [6.45, 7) is 2.31. The summed E-state index contributed by atoms with van der Waals surface area (Å²) in [5, 5.41) is 0. The van der Waals surface area contributed by atoms with Crippen LogP contribution in [0.15, 0.2) is 30.3 Å². The lowest BCUT2D eigenvalue weighted by Gasteiger charge is -2.30. The van der Waals surface area contributed by atoms with Crippen LogP contribution in [0.3, 0.4) is 0 Å². The van der Waals surface area contributed by atoms with Gasteiger partial charge in [-0.25, -0.2) is 0 Å². The Bertz CT molecular complexity index is 540. The van der Waals surface area contributed by atoms with Gasteiger partial charge >= 0.3 is 0 Å². The van der Waals surface area contributed by atoms with Gasteiger partial charge < -0.3 is 9.47 Å². The highest BCUT2D eigenvalue weighted by Gasteiger charge is 2.24. The van der Waals surface area contributed by atoms with Crippen LogP contribution in [0.4, 0.5) is 0 Å². The SMILES string of the molecule is CCCC(CCC1OC2CCCCCCCCC(CCCCCCCC2)O1)c1ccccc1. The van der Waals surface area contributed by atoms with E-state index in [1.807, 2.05) is 0 Å². The van der Waals surface area contributed by atoms with Crippen LogP contribution in [-0.2, 0) is 9.47 Å². The van der Waals surface area contributed by atoms with E-state index in [1.165, 1.54) is 128 Å². The predicted molar refractivity (Wildman–Crippen MR) is 141 cm³/mol. The first-order chi connectivity index (χ1) is 16.3. The fourth-order valence-electron chi connectivity index (χ4n) is 5.95. The zero-order chi connectivity index (χ0) is 23.0. The Hall–Kier alpha value is -0.860. The van der Waals surface area contributed by atoms with E-state index in [1.54, 1.807) is 0 Å². The average Bonchev–Trinajstić information content (AvgIpc) is 2.87. The summed E-state index contributed by atoms with van der Waals surface area (Å²) in [7, 11) is 0. The van der Waals surface area contributed by atoms with Crippen molar-refractivity contribution >= 4 is 0 Å². The van der Waals surface area contributed by atoms with Crippen molar-refractivity contribution < 1.29 is 9.47 Å². The van der Waals surface area contributed by atoms with Gasteiger partial charge in [0.25, 0.3) is 0 Å². The molecular weight excluding hydrogens is 404 g/mol. The van der Waals surface area contributed by atoms with Gasteiger partial charge in [0.1, 0.15) is 0 Å². The zero-order valence-electron chi connectivity index (χ0n) is 21.7. The summed E-state index contributed by atoms with van der Waals surface area (Å²) in [6.07, 6.45) is 26.7. The standard InChI is InChI=1S/C31H52O2/c1-2-18-27(28-19-12-11-13-20-28)25-26-31-32-29-21-14-7-3-4-8-15-22-30(33-31)24-17-10-6-5-9-16-23-29/h11-13,19-20,27,29-31H,2-10,14-18,21-26H2,1H3. The summed E-state index contributed by atoms with van der Waals surface area (Å²) in [5.74, 6) is 0.618. The Morgan fingerprint density at radius 2 is 1.09 bits per heavy atom. The Morgan fingerprint density at radius 1 is 0.636 bits per heavy atom. The molecule has 1 atom stereocenters. The van der Waals surface area contributed by atoms with E-state index in [0.717, 1.165) is 6.42 Å². The first-order valence-electron chi connectivity index (χ1n) is 14.7. The van der Waals surface area contributed by atoms with Crippen molar-refractivity contribution in [3.05, 3.63) is 35.9 Å². The number of hydrogen-bond acceptors (Lipinski definition) is 2. The third kappa shape index (κ3) is 11.0. The molecule has 1 unspecified atom stereocenters. The Balaban J connectivity index is 1.70. The van der Waals surface area contributed by atoms with Crippen molar-refractivity contribution in [2.24, 2.45) is 0 Å². The van der Waals surface area contributed by atoms with Gasteiger partial charge in [-0.05, 0) is 56.4 Å². The summed E-state index contributed by atoms with van der Waals surface area (Å²) in [6, 6.07) is 11.1. The molecule has 1 aromatic rings. The maximum atomic E-state index is 6.85. The molecule has 0 radical (unpaired) electrons. The molecule has 1 aromatic carbocycles. The monoisotopic (exact) mass is 456 g/mol. The molecule has 188 valence electrons. The number of hydrogen-bond donors (Lipinski definition) is 0. The van der Waals surface area contributed by atoms with Crippen molar-refractivity contribution in [2.75, 3.05) is 0 Å². The summed E-state index contributed by atoms with van der Waals surface area (Å²) < 4.78 is 13.7. The minimum Gasteiger partial charge on any atom is -0.349 e. The molecule has 2 aliphatic rings. The summed E-state index contributed by atoms with van der Waals surface area (Å²) >= 11 is 0. The highest BCUT2D eigenvalue weighted by Crippen LogP contribution is 2.30. The normalized spacial score (nSPS) is 27.8. The van der Waals surface area contributed by atoms with Gasteiger partial charge in [-0.15, -0.1) is 0 Å². The Labute approximate surface area is 205 Å². The van der Waals surface area contributed by atoms with Gasteiger partial charge in [-0.1, -0.05) is 121 Å². The molecule has 0 spiro atoms. The van der Waals surface area contributed by atoms with Crippen LogP contribution in [0, 0.1) is 0 Å². The number of fused-ring (bicyclic) bond motifs is 4. The van der Waals surface area contributed by atoms with Crippen molar-refractivity contribution in [1.29, 1.82) is 0 Å². The molecule has 2 saturated heterocycles. The fraction of sp³-hybridized carbons (Fsp3) is 0.806. The van der Waals surface area contributed by atoms with Gasteiger partial charge in [-0.3, -0.25) is 0 Å².